The van der Waals surface area contributed by atoms with Crippen molar-refractivity contribution in [3.8, 4) is 11.1 Å². The first-order chi connectivity index (χ1) is 7.68. The van der Waals surface area contributed by atoms with E-state index in [9.17, 15) is 10.1 Å². The Morgan fingerprint density at radius 1 is 1.00 bits per heavy atom. The van der Waals surface area contributed by atoms with E-state index in [0.717, 1.165) is 11.1 Å². The molecule has 0 unspecified atom stereocenters. The van der Waals surface area contributed by atoms with Gasteiger partial charge in [0, 0.05) is 6.07 Å². The smallest absolute Gasteiger partial charge is 0.258 e. The van der Waals surface area contributed by atoms with E-state index in [-0.39, 0.29) is 5.69 Å². The van der Waals surface area contributed by atoms with Crippen molar-refractivity contribution in [3.05, 3.63) is 63.1 Å². The molecule has 0 spiro atoms. The Morgan fingerprint density at radius 3 is 2.31 bits per heavy atom. The highest BCUT2D eigenvalue weighted by Gasteiger charge is 2.12. The zero-order valence-corrected chi connectivity index (χ0v) is 9.85. The predicted octanol–water partition coefficient (Wildman–Crippen LogP) is 4.02. The van der Waals surface area contributed by atoms with Crippen LogP contribution in [0.1, 0.15) is 0 Å². The van der Waals surface area contributed by atoms with Gasteiger partial charge in [-0.15, -0.1) is 0 Å². The van der Waals surface area contributed by atoms with Gasteiger partial charge in [0.1, 0.15) is 0 Å². The minimum Gasteiger partial charge on any atom is -0.258 e. The lowest BCUT2D eigenvalue weighted by atomic mass is 10.1. The van der Waals surface area contributed by atoms with E-state index in [1.165, 1.54) is 0 Å². The van der Waals surface area contributed by atoms with Gasteiger partial charge in [-0.1, -0.05) is 36.4 Å². The average Bonchev–Trinajstić information content (AvgIpc) is 2.30. The number of benzene rings is 2. The second-order valence-electron chi connectivity index (χ2n) is 3.29. The van der Waals surface area contributed by atoms with Crippen molar-refractivity contribution in [1.29, 1.82) is 0 Å². The highest BCUT2D eigenvalue weighted by atomic mass is 79.9. The normalized spacial score (nSPS) is 10.1. The van der Waals surface area contributed by atoms with Crippen LogP contribution < -0.4 is 0 Å². The van der Waals surface area contributed by atoms with Crippen molar-refractivity contribution in [2.24, 2.45) is 0 Å². The van der Waals surface area contributed by atoms with Crippen LogP contribution in [-0.4, -0.2) is 4.92 Å². The molecule has 0 saturated heterocycles. The molecule has 0 saturated carbocycles. The monoisotopic (exact) mass is 277 g/mol. The van der Waals surface area contributed by atoms with Crippen molar-refractivity contribution in [3.63, 3.8) is 0 Å². The summed E-state index contributed by atoms with van der Waals surface area (Å²) in [5, 5.41) is 10.8. The summed E-state index contributed by atoms with van der Waals surface area (Å²) in [6.45, 7) is 0. The molecule has 0 atom stereocenters. The molecule has 0 bridgehead atoms. The van der Waals surface area contributed by atoms with Crippen LogP contribution in [0.5, 0.6) is 0 Å². The third-order valence-corrected chi connectivity index (χ3v) is 2.92. The summed E-state index contributed by atoms with van der Waals surface area (Å²) < 4.78 is 0.497. The van der Waals surface area contributed by atoms with Gasteiger partial charge in [-0.05, 0) is 33.1 Å². The number of hydrogen-bond acceptors (Lipinski definition) is 2. The minimum absolute atomic E-state index is 0.0846. The van der Waals surface area contributed by atoms with Crippen LogP contribution in [0.2, 0.25) is 0 Å². The molecule has 0 heterocycles. The molecular weight excluding hydrogens is 270 g/mol. The zero-order valence-electron chi connectivity index (χ0n) is 8.26. The van der Waals surface area contributed by atoms with E-state index in [1.807, 2.05) is 36.4 Å². The fourth-order valence-electron chi connectivity index (χ4n) is 1.46. The Balaban J connectivity index is 2.52. The maximum Gasteiger partial charge on any atom is 0.284 e. The summed E-state index contributed by atoms with van der Waals surface area (Å²) in [7, 11) is 0. The third kappa shape index (κ3) is 2.12. The number of nitro groups is 1. The summed E-state index contributed by atoms with van der Waals surface area (Å²) >= 11 is 3.16. The Bertz CT molecular complexity index is 526. The van der Waals surface area contributed by atoms with Crippen molar-refractivity contribution < 1.29 is 4.92 Å². The lowest BCUT2D eigenvalue weighted by Crippen LogP contribution is -1.90. The van der Waals surface area contributed by atoms with Crippen molar-refractivity contribution in [1.82, 2.24) is 0 Å². The summed E-state index contributed by atoms with van der Waals surface area (Å²) in [6.07, 6.45) is 0. The van der Waals surface area contributed by atoms with Crippen LogP contribution in [-0.2, 0) is 0 Å². The van der Waals surface area contributed by atoms with Gasteiger partial charge in [0.15, 0.2) is 0 Å². The Hall–Kier alpha value is -1.68. The fourth-order valence-corrected chi connectivity index (χ4v) is 1.85. The van der Waals surface area contributed by atoms with E-state index < -0.39 is 4.92 Å². The predicted molar refractivity (Wildman–Crippen MR) is 66.2 cm³/mol. The van der Waals surface area contributed by atoms with Gasteiger partial charge in [0.25, 0.3) is 5.69 Å². The molecular formula is C12H8BrNO2. The summed E-state index contributed by atoms with van der Waals surface area (Å²) in [5.41, 5.74) is 1.90. The van der Waals surface area contributed by atoms with E-state index in [1.54, 1.807) is 12.1 Å². The minimum atomic E-state index is -0.392. The Labute approximate surface area is 101 Å². The molecule has 0 amide bonds. The van der Waals surface area contributed by atoms with E-state index in [2.05, 4.69) is 15.9 Å². The molecule has 2 aromatic carbocycles. The summed E-state index contributed by atoms with van der Waals surface area (Å²) in [4.78, 5) is 10.4. The van der Waals surface area contributed by atoms with Gasteiger partial charge < -0.3 is 0 Å². The van der Waals surface area contributed by atoms with Crippen molar-refractivity contribution >= 4 is 21.6 Å². The summed E-state index contributed by atoms with van der Waals surface area (Å²) in [5.74, 6) is 0. The lowest BCUT2D eigenvalue weighted by molar-refractivity contribution is -0.385. The van der Waals surface area contributed by atoms with Gasteiger partial charge in [0.05, 0.1) is 9.40 Å². The highest BCUT2D eigenvalue weighted by molar-refractivity contribution is 9.10. The molecule has 0 aliphatic heterocycles. The number of nitrogens with zero attached hydrogens (tertiary/aromatic N) is 1. The Morgan fingerprint density at radius 2 is 1.69 bits per heavy atom. The maximum absolute atomic E-state index is 10.8. The topological polar surface area (TPSA) is 43.1 Å². The van der Waals surface area contributed by atoms with Crippen LogP contribution in [0.15, 0.2) is 53.0 Å². The largest absolute Gasteiger partial charge is 0.284 e. The van der Waals surface area contributed by atoms with Crippen LogP contribution >= 0.6 is 15.9 Å². The molecule has 0 fully saturated rings. The highest BCUT2D eigenvalue weighted by Crippen LogP contribution is 2.30. The van der Waals surface area contributed by atoms with Crippen LogP contribution in [0, 0.1) is 10.1 Å². The lowest BCUT2D eigenvalue weighted by Gasteiger charge is -2.02. The molecule has 0 aliphatic carbocycles. The van der Waals surface area contributed by atoms with E-state index in [4.69, 9.17) is 0 Å². The van der Waals surface area contributed by atoms with Gasteiger partial charge in [-0.2, -0.15) is 0 Å². The van der Waals surface area contributed by atoms with E-state index in [0.29, 0.717) is 4.47 Å². The molecule has 80 valence electrons. The van der Waals surface area contributed by atoms with Crippen LogP contribution in [0.25, 0.3) is 11.1 Å². The summed E-state index contributed by atoms with van der Waals surface area (Å²) in [6, 6.07) is 14.7. The van der Waals surface area contributed by atoms with Gasteiger partial charge in [-0.3, -0.25) is 10.1 Å². The van der Waals surface area contributed by atoms with Gasteiger partial charge in [-0.25, -0.2) is 0 Å². The van der Waals surface area contributed by atoms with Crippen LogP contribution in [0.4, 0.5) is 5.69 Å². The number of nitro benzene ring substituents is 1. The van der Waals surface area contributed by atoms with Crippen molar-refractivity contribution in [2.45, 2.75) is 0 Å². The second kappa shape index (κ2) is 4.45. The molecule has 0 radical (unpaired) electrons. The third-order valence-electron chi connectivity index (χ3n) is 2.25. The van der Waals surface area contributed by atoms with Gasteiger partial charge >= 0.3 is 0 Å². The molecule has 16 heavy (non-hydrogen) atoms. The Kier molecular flexibility index (Phi) is 3.01. The molecule has 4 heteroatoms. The fraction of sp³-hybridized carbons (Fsp3) is 0. The van der Waals surface area contributed by atoms with Gasteiger partial charge in [0.2, 0.25) is 0 Å². The number of hydrogen-bond donors (Lipinski definition) is 0. The molecule has 3 nitrogen and oxygen atoms in total. The zero-order chi connectivity index (χ0) is 11.5. The SMILES string of the molecule is O=[N+]([O-])c1cc(-c2ccccc2)ccc1Br. The molecule has 0 N–H and O–H groups in total. The quantitative estimate of drug-likeness (QED) is 0.615. The molecule has 2 aromatic rings. The van der Waals surface area contributed by atoms with E-state index >= 15 is 0 Å². The first kappa shape index (κ1) is 10.8. The van der Waals surface area contributed by atoms with Crippen LogP contribution in [0.3, 0.4) is 0 Å². The number of halogens is 1. The maximum atomic E-state index is 10.8. The van der Waals surface area contributed by atoms with Crippen molar-refractivity contribution in [2.75, 3.05) is 0 Å². The molecule has 0 aromatic heterocycles. The second-order valence-corrected chi connectivity index (χ2v) is 4.14. The standard InChI is InChI=1S/C12H8BrNO2/c13-11-7-6-10(8-12(11)14(15)16)9-4-2-1-3-5-9/h1-8H. The number of rotatable bonds is 2. The molecule has 2 rings (SSSR count). The first-order valence-corrected chi connectivity index (χ1v) is 5.47. The molecule has 0 aliphatic rings. The average molecular weight is 278 g/mol. The first-order valence-electron chi connectivity index (χ1n) is 4.68.